The van der Waals surface area contributed by atoms with Crippen molar-refractivity contribution in [2.45, 2.75) is 12.8 Å². The smallest absolute Gasteiger partial charge is 0.136 e. The van der Waals surface area contributed by atoms with Crippen molar-refractivity contribution in [1.82, 2.24) is 0 Å². The molecule has 0 aromatic heterocycles. The first-order valence-corrected chi connectivity index (χ1v) is 12.5. The third-order valence-corrected chi connectivity index (χ3v) is 7.56. The van der Waals surface area contributed by atoms with E-state index in [1.807, 2.05) is 12.1 Å². The second-order valence-corrected chi connectivity index (χ2v) is 9.62. The molecule has 5 aromatic rings. The lowest BCUT2D eigenvalue weighted by Gasteiger charge is -2.27. The van der Waals surface area contributed by atoms with Crippen LogP contribution in [0.25, 0.3) is 49.7 Å². The van der Waals surface area contributed by atoms with Crippen molar-refractivity contribution < 1.29 is 9.47 Å². The van der Waals surface area contributed by atoms with Crippen LogP contribution in [0.4, 0.5) is 0 Å². The van der Waals surface area contributed by atoms with Crippen LogP contribution in [0.15, 0.2) is 109 Å². The van der Waals surface area contributed by atoms with Gasteiger partial charge in [0.05, 0.1) is 0 Å². The third kappa shape index (κ3) is 2.85. The van der Waals surface area contributed by atoms with E-state index in [4.69, 9.17) is 9.47 Å². The molecule has 0 N–H and O–H groups in total. The van der Waals surface area contributed by atoms with Crippen molar-refractivity contribution in [3.05, 3.63) is 115 Å². The summed E-state index contributed by atoms with van der Waals surface area (Å²) in [5.41, 5.74) is 9.57. The number of allylic oxidation sites excluding steroid dienone is 4. The summed E-state index contributed by atoms with van der Waals surface area (Å²) in [5, 5.41) is 2.25. The minimum atomic E-state index is 0.881. The average molecular weight is 463 g/mol. The fourth-order valence-corrected chi connectivity index (χ4v) is 5.80. The summed E-state index contributed by atoms with van der Waals surface area (Å²) in [5.74, 6) is 3.58. The van der Waals surface area contributed by atoms with E-state index in [-0.39, 0.29) is 0 Å². The topological polar surface area (TPSA) is 18.5 Å². The van der Waals surface area contributed by atoms with E-state index in [2.05, 4.69) is 97.1 Å². The van der Waals surface area contributed by atoms with Crippen molar-refractivity contribution in [1.29, 1.82) is 0 Å². The van der Waals surface area contributed by atoms with Gasteiger partial charge in [-0.1, -0.05) is 78.9 Å². The molecule has 3 aliphatic rings. The third-order valence-electron chi connectivity index (χ3n) is 7.56. The number of hydrogen-bond donors (Lipinski definition) is 0. The lowest BCUT2D eigenvalue weighted by molar-refractivity contribution is 0.475. The maximum atomic E-state index is 6.52. The highest BCUT2D eigenvalue weighted by Gasteiger charge is 2.28. The van der Waals surface area contributed by atoms with E-state index in [0.717, 1.165) is 63.3 Å². The first kappa shape index (κ1) is 19.7. The van der Waals surface area contributed by atoms with Gasteiger partial charge in [-0.3, -0.25) is 0 Å². The highest BCUT2D eigenvalue weighted by atomic mass is 16.5. The molecule has 0 fully saturated rings. The van der Waals surface area contributed by atoms with E-state index in [0.29, 0.717) is 0 Å². The lowest BCUT2D eigenvalue weighted by Crippen LogP contribution is -2.03. The van der Waals surface area contributed by atoms with Crippen molar-refractivity contribution in [2.75, 3.05) is 0 Å². The summed E-state index contributed by atoms with van der Waals surface area (Å²) >= 11 is 0. The van der Waals surface area contributed by atoms with Crippen LogP contribution in [-0.4, -0.2) is 0 Å². The van der Waals surface area contributed by atoms with Gasteiger partial charge in [0.15, 0.2) is 0 Å². The first-order valence-electron chi connectivity index (χ1n) is 12.5. The predicted molar refractivity (Wildman–Crippen MR) is 147 cm³/mol. The Balaban J connectivity index is 1.29. The first-order chi connectivity index (χ1) is 17.8. The van der Waals surface area contributed by atoms with E-state index in [1.54, 1.807) is 0 Å². The van der Waals surface area contributed by atoms with Crippen LogP contribution in [0, 0.1) is 0 Å². The average Bonchev–Trinajstić information content (AvgIpc) is 2.95. The van der Waals surface area contributed by atoms with E-state index < -0.39 is 0 Å². The Hall–Kier alpha value is -4.56. The standard InChI is InChI=1S/C34H22O2/c1-3-7-21(8-4-1)23-11-13-25-27-15-16-28-26-14-12-24(22-9-5-2-6-10-22)20-32(26)36-30-18-17-29(33(27)34(28)30)35-31(25)19-23/h1-5,7-9,11-20H,6,10H2. The number of rotatable bonds is 2. The Morgan fingerprint density at radius 1 is 0.500 bits per heavy atom. The summed E-state index contributed by atoms with van der Waals surface area (Å²) < 4.78 is 13.0. The summed E-state index contributed by atoms with van der Waals surface area (Å²) in [4.78, 5) is 0. The molecule has 0 bridgehead atoms. The van der Waals surface area contributed by atoms with Crippen molar-refractivity contribution in [2.24, 2.45) is 0 Å². The fourth-order valence-electron chi connectivity index (χ4n) is 5.80. The molecule has 2 aliphatic heterocycles. The molecule has 0 atom stereocenters. The van der Waals surface area contributed by atoms with Crippen LogP contribution in [0.5, 0.6) is 23.0 Å². The molecule has 0 saturated heterocycles. The van der Waals surface area contributed by atoms with Gasteiger partial charge in [-0.2, -0.15) is 0 Å². The van der Waals surface area contributed by atoms with Gasteiger partial charge in [-0.25, -0.2) is 0 Å². The highest BCUT2D eigenvalue weighted by Crippen LogP contribution is 2.55. The fraction of sp³-hybridized carbons (Fsp3) is 0.0588. The molecule has 2 heteroatoms. The second kappa shape index (κ2) is 7.47. The largest absolute Gasteiger partial charge is 0.456 e. The van der Waals surface area contributed by atoms with Crippen LogP contribution in [0.3, 0.4) is 0 Å². The minimum absolute atomic E-state index is 0.881. The molecule has 36 heavy (non-hydrogen) atoms. The Bertz CT molecular complexity index is 1770. The molecule has 0 saturated carbocycles. The number of ether oxygens (including phenoxy) is 2. The molecule has 0 unspecified atom stereocenters. The lowest BCUT2D eigenvalue weighted by atomic mass is 9.86. The molecule has 1 aliphatic carbocycles. The number of fused-ring (bicyclic) bond motifs is 4. The number of benzene rings is 5. The van der Waals surface area contributed by atoms with Crippen LogP contribution in [0.2, 0.25) is 0 Å². The zero-order valence-electron chi connectivity index (χ0n) is 19.6. The summed E-state index contributed by atoms with van der Waals surface area (Å²) in [6, 6.07) is 32.2. The Labute approximate surface area is 209 Å². The van der Waals surface area contributed by atoms with Gasteiger partial charge in [-0.05, 0) is 76.6 Å². The van der Waals surface area contributed by atoms with Gasteiger partial charge >= 0.3 is 0 Å². The van der Waals surface area contributed by atoms with Crippen molar-refractivity contribution in [3.63, 3.8) is 0 Å². The van der Waals surface area contributed by atoms with Crippen molar-refractivity contribution in [3.8, 4) is 56.4 Å². The van der Waals surface area contributed by atoms with Crippen LogP contribution in [-0.2, 0) is 0 Å². The Morgan fingerprint density at radius 3 is 1.75 bits per heavy atom. The van der Waals surface area contributed by atoms with Crippen LogP contribution < -0.4 is 9.47 Å². The Kier molecular flexibility index (Phi) is 4.09. The van der Waals surface area contributed by atoms with Gasteiger partial charge in [0.1, 0.15) is 23.0 Å². The van der Waals surface area contributed by atoms with Gasteiger partial charge < -0.3 is 9.47 Å². The maximum Gasteiger partial charge on any atom is 0.136 e. The predicted octanol–water partition coefficient (Wildman–Crippen LogP) is 9.79. The van der Waals surface area contributed by atoms with Crippen molar-refractivity contribution >= 4 is 16.3 Å². The maximum absolute atomic E-state index is 6.52. The highest BCUT2D eigenvalue weighted by molar-refractivity contribution is 6.14. The van der Waals surface area contributed by atoms with Gasteiger partial charge in [0.25, 0.3) is 0 Å². The van der Waals surface area contributed by atoms with E-state index in [9.17, 15) is 0 Å². The molecule has 2 heterocycles. The molecule has 8 rings (SSSR count). The molecule has 0 amide bonds. The monoisotopic (exact) mass is 462 g/mol. The molecule has 5 aromatic carbocycles. The Morgan fingerprint density at radius 2 is 1.11 bits per heavy atom. The normalized spacial score (nSPS) is 14.4. The van der Waals surface area contributed by atoms with Gasteiger partial charge in [-0.15, -0.1) is 0 Å². The quantitative estimate of drug-likeness (QED) is 0.254. The molecule has 0 radical (unpaired) electrons. The summed E-state index contributed by atoms with van der Waals surface area (Å²) in [6.07, 6.45) is 8.74. The molecule has 170 valence electrons. The zero-order chi connectivity index (χ0) is 23.6. The molecular formula is C34H22O2. The second-order valence-electron chi connectivity index (χ2n) is 9.62. The van der Waals surface area contributed by atoms with Gasteiger partial charge in [0, 0.05) is 21.9 Å². The van der Waals surface area contributed by atoms with E-state index >= 15 is 0 Å². The SMILES string of the molecule is C1=CCCC(c2ccc3c(c2)Oc2ccc4c5c(ccc-3c25)-c2ccc(-c3ccccc3)cc2O4)=C1. The summed E-state index contributed by atoms with van der Waals surface area (Å²) in [7, 11) is 0. The zero-order valence-corrected chi connectivity index (χ0v) is 19.6. The number of hydrogen-bond acceptors (Lipinski definition) is 2. The van der Waals surface area contributed by atoms with Crippen LogP contribution in [0.1, 0.15) is 18.4 Å². The summed E-state index contributed by atoms with van der Waals surface area (Å²) in [6.45, 7) is 0. The van der Waals surface area contributed by atoms with Crippen LogP contribution >= 0.6 is 0 Å². The van der Waals surface area contributed by atoms with E-state index in [1.165, 1.54) is 27.8 Å². The molecule has 2 nitrogen and oxygen atoms in total. The minimum Gasteiger partial charge on any atom is -0.456 e. The molecule has 0 spiro atoms. The van der Waals surface area contributed by atoms with Gasteiger partial charge in [0.2, 0.25) is 0 Å². The molecular weight excluding hydrogens is 440 g/mol.